The van der Waals surface area contributed by atoms with Crippen LogP contribution in [-0.2, 0) is 6.42 Å². The van der Waals surface area contributed by atoms with Crippen molar-refractivity contribution in [3.63, 3.8) is 0 Å². The Morgan fingerprint density at radius 3 is 2.32 bits per heavy atom. The largest absolute Gasteiger partial charge is 0.493 e. The second-order valence-electron chi connectivity index (χ2n) is 7.74. The summed E-state index contributed by atoms with van der Waals surface area (Å²) in [5, 5.41) is 10.9. The predicted molar refractivity (Wildman–Crippen MR) is 122 cm³/mol. The minimum atomic E-state index is -0.482. The molecule has 0 spiro atoms. The molecular formula is C25H23FN2O6. The number of benzene rings is 3. The number of rotatable bonds is 7. The number of non-ortho nitro benzene ring substituents is 1. The van der Waals surface area contributed by atoms with Crippen LogP contribution in [0.4, 0.5) is 10.1 Å². The number of nitro groups is 1. The molecule has 3 aromatic carbocycles. The maximum Gasteiger partial charge on any atom is 0.269 e. The van der Waals surface area contributed by atoms with Gasteiger partial charge >= 0.3 is 0 Å². The Kier molecular flexibility index (Phi) is 6.62. The molecule has 34 heavy (non-hydrogen) atoms. The highest BCUT2D eigenvalue weighted by molar-refractivity contribution is 5.94. The van der Waals surface area contributed by atoms with E-state index in [4.69, 9.17) is 14.2 Å². The molecule has 0 saturated heterocycles. The molecule has 1 heterocycles. The average molecular weight is 466 g/mol. The van der Waals surface area contributed by atoms with Gasteiger partial charge in [-0.05, 0) is 66.1 Å². The lowest BCUT2D eigenvalue weighted by atomic mass is 9.91. The molecule has 8 nitrogen and oxygen atoms in total. The number of nitrogens with zero attached hydrogens (tertiary/aromatic N) is 2. The zero-order chi connectivity index (χ0) is 24.2. The van der Waals surface area contributed by atoms with Crippen LogP contribution in [0, 0.1) is 15.9 Å². The summed E-state index contributed by atoms with van der Waals surface area (Å²) in [5.41, 5.74) is 2.17. The number of ether oxygens (including phenoxy) is 3. The van der Waals surface area contributed by atoms with Gasteiger partial charge in [0.2, 0.25) is 0 Å². The number of hydrogen-bond donors (Lipinski definition) is 0. The van der Waals surface area contributed by atoms with E-state index in [2.05, 4.69) is 0 Å². The first-order chi connectivity index (χ1) is 16.4. The number of carbonyl (C=O) groups excluding carboxylic acids is 1. The highest BCUT2D eigenvalue weighted by Gasteiger charge is 2.33. The first kappa shape index (κ1) is 23.0. The first-order valence-corrected chi connectivity index (χ1v) is 10.6. The average Bonchev–Trinajstić information content (AvgIpc) is 2.86. The predicted octanol–water partition coefficient (Wildman–Crippen LogP) is 4.57. The number of halogens is 1. The lowest BCUT2D eigenvalue weighted by Crippen LogP contribution is -2.42. The van der Waals surface area contributed by atoms with E-state index in [1.54, 1.807) is 12.0 Å². The van der Waals surface area contributed by atoms with Crippen LogP contribution >= 0.6 is 0 Å². The van der Waals surface area contributed by atoms with Crippen molar-refractivity contribution in [2.24, 2.45) is 0 Å². The molecular weight excluding hydrogens is 443 g/mol. The van der Waals surface area contributed by atoms with Crippen molar-refractivity contribution in [1.82, 2.24) is 4.90 Å². The van der Waals surface area contributed by atoms with Crippen LogP contribution in [0.25, 0.3) is 0 Å². The first-order valence-electron chi connectivity index (χ1n) is 10.6. The number of nitro benzene ring substituents is 1. The SMILES string of the molecule is COc1cc2c(cc1OC)[C@@H](COc1ccc([N+](=O)[O-])cc1)N(C(=O)c1ccc(F)cc1)CC2. The van der Waals surface area contributed by atoms with Crippen molar-refractivity contribution in [3.8, 4) is 17.2 Å². The van der Waals surface area contributed by atoms with Crippen LogP contribution in [0.5, 0.6) is 17.2 Å². The van der Waals surface area contributed by atoms with Gasteiger partial charge in [-0.1, -0.05) is 0 Å². The summed E-state index contributed by atoms with van der Waals surface area (Å²) in [6, 6.07) is 14.4. The maximum atomic E-state index is 13.4. The summed E-state index contributed by atoms with van der Waals surface area (Å²) in [6.07, 6.45) is 0.594. The molecule has 0 aromatic heterocycles. The number of hydrogen-bond acceptors (Lipinski definition) is 6. The minimum absolute atomic E-state index is 0.0414. The molecule has 1 atom stereocenters. The molecule has 0 N–H and O–H groups in total. The zero-order valence-electron chi connectivity index (χ0n) is 18.7. The lowest BCUT2D eigenvalue weighted by molar-refractivity contribution is -0.384. The third-order valence-electron chi connectivity index (χ3n) is 5.81. The van der Waals surface area contributed by atoms with Crippen molar-refractivity contribution in [2.75, 3.05) is 27.4 Å². The van der Waals surface area contributed by atoms with Gasteiger partial charge in [-0.3, -0.25) is 14.9 Å². The van der Waals surface area contributed by atoms with Gasteiger partial charge in [0.05, 0.1) is 25.2 Å². The van der Waals surface area contributed by atoms with Gasteiger partial charge < -0.3 is 19.1 Å². The molecule has 176 valence electrons. The van der Waals surface area contributed by atoms with Crippen LogP contribution in [-0.4, -0.2) is 43.1 Å². The third-order valence-corrected chi connectivity index (χ3v) is 5.81. The number of carbonyl (C=O) groups is 1. The summed E-state index contributed by atoms with van der Waals surface area (Å²) < 4.78 is 30.2. The maximum absolute atomic E-state index is 13.4. The summed E-state index contributed by atoms with van der Waals surface area (Å²) in [7, 11) is 3.10. The van der Waals surface area contributed by atoms with Crippen LogP contribution in [0.3, 0.4) is 0 Å². The van der Waals surface area contributed by atoms with E-state index in [1.165, 1.54) is 55.6 Å². The summed E-state index contributed by atoms with van der Waals surface area (Å²) in [4.78, 5) is 25.5. The van der Waals surface area contributed by atoms with E-state index in [0.717, 1.165) is 11.1 Å². The Morgan fingerprint density at radius 2 is 1.71 bits per heavy atom. The molecule has 9 heteroatoms. The van der Waals surface area contributed by atoms with Gasteiger partial charge in [-0.15, -0.1) is 0 Å². The van der Waals surface area contributed by atoms with Gasteiger partial charge in [-0.2, -0.15) is 0 Å². The number of amides is 1. The highest BCUT2D eigenvalue weighted by Crippen LogP contribution is 2.39. The van der Waals surface area contributed by atoms with Crippen molar-refractivity contribution < 1.29 is 28.3 Å². The molecule has 0 unspecified atom stereocenters. The Bertz CT molecular complexity index is 1200. The third kappa shape index (κ3) is 4.63. The van der Waals surface area contributed by atoms with Crippen LogP contribution < -0.4 is 14.2 Å². The van der Waals surface area contributed by atoms with Gasteiger partial charge in [0.15, 0.2) is 11.5 Å². The Morgan fingerprint density at radius 1 is 1.06 bits per heavy atom. The van der Waals surface area contributed by atoms with Gasteiger partial charge in [0.25, 0.3) is 11.6 Å². The molecule has 1 aliphatic heterocycles. The van der Waals surface area contributed by atoms with Crippen molar-refractivity contribution in [3.05, 3.63) is 93.3 Å². The van der Waals surface area contributed by atoms with E-state index in [0.29, 0.717) is 35.8 Å². The molecule has 4 rings (SSSR count). The smallest absolute Gasteiger partial charge is 0.269 e. The minimum Gasteiger partial charge on any atom is -0.493 e. The highest BCUT2D eigenvalue weighted by atomic mass is 19.1. The second kappa shape index (κ2) is 9.78. The fourth-order valence-corrected chi connectivity index (χ4v) is 4.05. The van der Waals surface area contributed by atoms with Crippen molar-refractivity contribution in [1.29, 1.82) is 0 Å². The number of methoxy groups -OCH3 is 2. The van der Waals surface area contributed by atoms with Gasteiger partial charge in [0, 0.05) is 24.2 Å². The van der Waals surface area contributed by atoms with E-state index in [1.807, 2.05) is 12.1 Å². The zero-order valence-corrected chi connectivity index (χ0v) is 18.7. The van der Waals surface area contributed by atoms with Crippen molar-refractivity contribution >= 4 is 11.6 Å². The fourth-order valence-electron chi connectivity index (χ4n) is 4.05. The van der Waals surface area contributed by atoms with E-state index in [9.17, 15) is 19.3 Å². The van der Waals surface area contributed by atoms with Gasteiger partial charge in [-0.25, -0.2) is 4.39 Å². The summed E-state index contributed by atoms with van der Waals surface area (Å²) >= 11 is 0. The van der Waals surface area contributed by atoms with Crippen LogP contribution in [0.1, 0.15) is 27.5 Å². The van der Waals surface area contributed by atoms with E-state index >= 15 is 0 Å². The Labute approximate surface area is 195 Å². The van der Waals surface area contributed by atoms with Crippen LogP contribution in [0.15, 0.2) is 60.7 Å². The molecule has 0 saturated carbocycles. The normalized spacial score (nSPS) is 14.8. The van der Waals surface area contributed by atoms with E-state index < -0.39 is 16.8 Å². The molecule has 0 radical (unpaired) electrons. The molecule has 1 amide bonds. The molecule has 1 aliphatic rings. The second-order valence-corrected chi connectivity index (χ2v) is 7.74. The topological polar surface area (TPSA) is 91.1 Å². The standard InChI is InChI=1S/C25H23FN2O6/c1-32-23-13-17-11-12-27(25(29)16-3-5-18(26)6-4-16)22(21(17)14-24(23)33-2)15-34-20-9-7-19(8-10-20)28(30)31/h3-10,13-14,22H,11-12,15H2,1-2H3/t22-/m1/s1. The molecule has 0 aliphatic carbocycles. The Hall–Kier alpha value is -4.14. The summed E-state index contributed by atoms with van der Waals surface area (Å²) in [6.45, 7) is 0.528. The van der Waals surface area contributed by atoms with E-state index in [-0.39, 0.29) is 18.2 Å². The van der Waals surface area contributed by atoms with Gasteiger partial charge in [0.1, 0.15) is 18.2 Å². The number of fused-ring (bicyclic) bond motifs is 1. The lowest BCUT2D eigenvalue weighted by Gasteiger charge is -2.37. The fraction of sp³-hybridized carbons (Fsp3) is 0.240. The quantitative estimate of drug-likeness (QED) is 0.374. The summed E-state index contributed by atoms with van der Waals surface area (Å²) in [5.74, 6) is 0.882. The van der Waals surface area contributed by atoms with Crippen molar-refractivity contribution in [2.45, 2.75) is 12.5 Å². The molecule has 3 aromatic rings. The molecule has 0 bridgehead atoms. The Balaban J connectivity index is 1.67. The molecule has 0 fully saturated rings. The monoisotopic (exact) mass is 466 g/mol. The van der Waals surface area contributed by atoms with Crippen LogP contribution in [0.2, 0.25) is 0 Å².